The fraction of sp³-hybridized carbons (Fsp3) is 0.538. The first-order valence-corrected chi connectivity index (χ1v) is 5.73. The summed E-state index contributed by atoms with van der Waals surface area (Å²) in [5, 5.41) is 9.46. The first-order valence-electron chi connectivity index (χ1n) is 5.73. The molecule has 0 aliphatic heterocycles. The second kappa shape index (κ2) is 4.67. The van der Waals surface area contributed by atoms with Gasteiger partial charge in [-0.2, -0.15) is 0 Å². The maximum atomic E-state index is 9.46. The van der Waals surface area contributed by atoms with Crippen molar-refractivity contribution in [2.24, 2.45) is 0 Å². The van der Waals surface area contributed by atoms with Gasteiger partial charge in [-0.05, 0) is 37.8 Å². The quantitative estimate of drug-likeness (QED) is 0.801. The van der Waals surface area contributed by atoms with Crippen molar-refractivity contribution >= 4 is 5.69 Å². The molecule has 1 saturated carbocycles. The molecule has 0 saturated heterocycles. The van der Waals surface area contributed by atoms with Gasteiger partial charge in [0, 0.05) is 18.8 Å². The monoisotopic (exact) mass is 205 g/mol. The van der Waals surface area contributed by atoms with Crippen LogP contribution in [-0.4, -0.2) is 24.3 Å². The van der Waals surface area contributed by atoms with Gasteiger partial charge in [-0.3, -0.25) is 0 Å². The van der Waals surface area contributed by atoms with Gasteiger partial charge in [-0.1, -0.05) is 18.2 Å². The molecule has 2 rings (SSSR count). The molecule has 0 heterocycles. The van der Waals surface area contributed by atoms with Crippen molar-refractivity contribution in [1.29, 1.82) is 0 Å². The molecule has 0 amide bonds. The maximum Gasteiger partial charge on any atom is 0.0541 e. The van der Waals surface area contributed by atoms with E-state index in [1.165, 1.54) is 5.69 Å². The number of aliphatic hydroxyl groups excluding tert-OH is 1. The summed E-state index contributed by atoms with van der Waals surface area (Å²) in [5.41, 5.74) is 1.28. The zero-order valence-corrected chi connectivity index (χ0v) is 9.26. The lowest BCUT2D eigenvalue weighted by Gasteiger charge is -2.34. The topological polar surface area (TPSA) is 23.5 Å². The van der Waals surface area contributed by atoms with Gasteiger partial charge in [0.1, 0.15) is 0 Å². The van der Waals surface area contributed by atoms with Gasteiger partial charge in [-0.15, -0.1) is 0 Å². The number of benzene rings is 1. The Morgan fingerprint density at radius 2 is 1.67 bits per heavy atom. The number of anilines is 1. The lowest BCUT2D eigenvalue weighted by Crippen LogP contribution is -2.36. The average Bonchev–Trinajstić information content (AvgIpc) is 2.30. The van der Waals surface area contributed by atoms with Crippen molar-refractivity contribution in [3.63, 3.8) is 0 Å². The molecule has 1 aromatic carbocycles. The Bertz CT molecular complexity index is 291. The largest absolute Gasteiger partial charge is 0.393 e. The van der Waals surface area contributed by atoms with Crippen molar-refractivity contribution < 1.29 is 5.11 Å². The third kappa shape index (κ3) is 2.51. The van der Waals surface area contributed by atoms with E-state index in [9.17, 15) is 5.11 Å². The molecule has 1 N–H and O–H groups in total. The molecule has 2 heteroatoms. The number of aliphatic hydroxyl groups is 1. The summed E-state index contributed by atoms with van der Waals surface area (Å²) in [4.78, 5) is 2.34. The molecule has 0 unspecified atom stereocenters. The first kappa shape index (κ1) is 10.5. The zero-order chi connectivity index (χ0) is 10.7. The van der Waals surface area contributed by atoms with Crippen molar-refractivity contribution in [2.75, 3.05) is 11.9 Å². The molecule has 2 nitrogen and oxygen atoms in total. The van der Waals surface area contributed by atoms with Crippen molar-refractivity contribution in [1.82, 2.24) is 0 Å². The van der Waals surface area contributed by atoms with E-state index >= 15 is 0 Å². The predicted octanol–water partition coefficient (Wildman–Crippen LogP) is 2.43. The minimum atomic E-state index is -0.0644. The number of rotatable bonds is 2. The van der Waals surface area contributed by atoms with E-state index in [-0.39, 0.29) is 6.10 Å². The highest BCUT2D eigenvalue weighted by Gasteiger charge is 2.22. The normalized spacial score (nSPS) is 26.3. The Hall–Kier alpha value is -1.02. The zero-order valence-electron chi connectivity index (χ0n) is 9.26. The second-order valence-corrected chi connectivity index (χ2v) is 4.41. The van der Waals surface area contributed by atoms with Crippen molar-refractivity contribution in [3.8, 4) is 0 Å². The summed E-state index contributed by atoms with van der Waals surface area (Å²) in [6.45, 7) is 0. The maximum absolute atomic E-state index is 9.46. The Morgan fingerprint density at radius 3 is 2.27 bits per heavy atom. The highest BCUT2D eigenvalue weighted by molar-refractivity contribution is 5.46. The summed E-state index contributed by atoms with van der Waals surface area (Å²) in [6, 6.07) is 11.1. The van der Waals surface area contributed by atoms with Crippen LogP contribution in [-0.2, 0) is 0 Å². The summed E-state index contributed by atoms with van der Waals surface area (Å²) in [7, 11) is 2.15. The van der Waals surface area contributed by atoms with Crippen molar-refractivity contribution in [3.05, 3.63) is 30.3 Å². The average molecular weight is 205 g/mol. The Balaban J connectivity index is 1.99. The van der Waals surface area contributed by atoms with Crippen LogP contribution in [0, 0.1) is 0 Å². The molecule has 1 fully saturated rings. The van der Waals surface area contributed by atoms with Crippen LogP contribution >= 0.6 is 0 Å². The van der Waals surface area contributed by atoms with E-state index in [2.05, 4.69) is 36.2 Å². The van der Waals surface area contributed by atoms with E-state index < -0.39 is 0 Å². The van der Waals surface area contributed by atoms with Crippen LogP contribution in [0.25, 0.3) is 0 Å². The standard InChI is InChI=1S/C13H19NO/c1-14(11-5-3-2-4-6-11)12-7-9-13(15)10-8-12/h2-6,12-13,15H,7-10H2,1H3. The van der Waals surface area contributed by atoms with Gasteiger partial charge in [0.05, 0.1) is 6.10 Å². The third-order valence-corrected chi connectivity index (χ3v) is 3.38. The summed E-state index contributed by atoms with van der Waals surface area (Å²) in [5.74, 6) is 0. The molecule has 0 bridgehead atoms. The Labute approximate surface area is 91.5 Å². The highest BCUT2D eigenvalue weighted by atomic mass is 16.3. The van der Waals surface area contributed by atoms with E-state index in [4.69, 9.17) is 0 Å². The van der Waals surface area contributed by atoms with E-state index in [0.29, 0.717) is 6.04 Å². The molecule has 82 valence electrons. The molecule has 0 radical (unpaired) electrons. The van der Waals surface area contributed by atoms with E-state index in [1.807, 2.05) is 6.07 Å². The lowest BCUT2D eigenvalue weighted by molar-refractivity contribution is 0.122. The molecular weight excluding hydrogens is 186 g/mol. The molecule has 0 aromatic heterocycles. The number of hydrogen-bond acceptors (Lipinski definition) is 2. The fourth-order valence-corrected chi connectivity index (χ4v) is 2.32. The molecule has 1 aliphatic carbocycles. The molecule has 15 heavy (non-hydrogen) atoms. The summed E-state index contributed by atoms with van der Waals surface area (Å²) >= 11 is 0. The van der Waals surface area contributed by atoms with Gasteiger partial charge < -0.3 is 10.0 Å². The second-order valence-electron chi connectivity index (χ2n) is 4.41. The number of nitrogens with zero attached hydrogens (tertiary/aromatic N) is 1. The number of para-hydroxylation sites is 1. The van der Waals surface area contributed by atoms with Crippen LogP contribution in [0.15, 0.2) is 30.3 Å². The molecule has 1 aliphatic rings. The fourth-order valence-electron chi connectivity index (χ4n) is 2.32. The first-order chi connectivity index (χ1) is 7.27. The van der Waals surface area contributed by atoms with Crippen molar-refractivity contribution in [2.45, 2.75) is 37.8 Å². The van der Waals surface area contributed by atoms with Crippen LogP contribution < -0.4 is 4.90 Å². The number of hydrogen-bond donors (Lipinski definition) is 1. The lowest BCUT2D eigenvalue weighted by atomic mass is 9.92. The SMILES string of the molecule is CN(c1ccccc1)C1CCC(O)CC1. The van der Waals surface area contributed by atoms with Gasteiger partial charge in [0.15, 0.2) is 0 Å². The smallest absolute Gasteiger partial charge is 0.0541 e. The highest BCUT2D eigenvalue weighted by Crippen LogP contribution is 2.25. The van der Waals surface area contributed by atoms with Crippen LogP contribution in [0.5, 0.6) is 0 Å². The third-order valence-electron chi connectivity index (χ3n) is 3.38. The minimum Gasteiger partial charge on any atom is -0.393 e. The molecule has 1 aromatic rings. The van der Waals surface area contributed by atoms with Gasteiger partial charge in [0.2, 0.25) is 0 Å². The molecule has 0 atom stereocenters. The van der Waals surface area contributed by atoms with Gasteiger partial charge >= 0.3 is 0 Å². The van der Waals surface area contributed by atoms with Gasteiger partial charge in [0.25, 0.3) is 0 Å². The predicted molar refractivity (Wildman–Crippen MR) is 63.1 cm³/mol. The van der Waals surface area contributed by atoms with E-state index in [1.54, 1.807) is 0 Å². The minimum absolute atomic E-state index is 0.0644. The van der Waals surface area contributed by atoms with Crippen LogP contribution in [0.4, 0.5) is 5.69 Å². The summed E-state index contributed by atoms with van der Waals surface area (Å²) < 4.78 is 0. The van der Waals surface area contributed by atoms with Crippen LogP contribution in [0.2, 0.25) is 0 Å². The summed E-state index contributed by atoms with van der Waals surface area (Å²) in [6.07, 6.45) is 4.04. The van der Waals surface area contributed by atoms with Gasteiger partial charge in [-0.25, -0.2) is 0 Å². The Morgan fingerprint density at radius 1 is 1.07 bits per heavy atom. The molecule has 0 spiro atoms. The Kier molecular flexibility index (Phi) is 3.27. The van der Waals surface area contributed by atoms with Crippen LogP contribution in [0.1, 0.15) is 25.7 Å². The van der Waals surface area contributed by atoms with Crippen LogP contribution in [0.3, 0.4) is 0 Å². The van der Waals surface area contributed by atoms with E-state index in [0.717, 1.165) is 25.7 Å². The molecular formula is C13H19NO.